The maximum absolute atomic E-state index is 13.1. The topological polar surface area (TPSA) is 41.1 Å². The predicted octanol–water partition coefficient (Wildman–Crippen LogP) is 2.39. The predicted molar refractivity (Wildman–Crippen MR) is 80.6 cm³/mol. The van der Waals surface area contributed by atoms with Gasteiger partial charge < -0.3 is 10.6 Å². The fraction of sp³-hybridized carbons (Fsp3) is 0.400. The van der Waals surface area contributed by atoms with Crippen molar-refractivity contribution >= 4 is 18.3 Å². The molecule has 0 radical (unpaired) electrons. The maximum atomic E-state index is 13.1. The molecule has 1 heterocycles. The van der Waals surface area contributed by atoms with Crippen molar-refractivity contribution in [2.45, 2.75) is 19.3 Å². The van der Waals surface area contributed by atoms with Gasteiger partial charge in [0, 0.05) is 13.1 Å². The summed E-state index contributed by atoms with van der Waals surface area (Å²) in [6, 6.07) is 6.20. The molecule has 1 amide bonds. The van der Waals surface area contributed by atoms with Crippen LogP contribution in [0.5, 0.6) is 0 Å². The highest BCUT2D eigenvalue weighted by Gasteiger charge is 2.15. The molecular weight excluding hydrogens is 279 g/mol. The van der Waals surface area contributed by atoms with Crippen LogP contribution in [0.4, 0.5) is 4.39 Å². The summed E-state index contributed by atoms with van der Waals surface area (Å²) in [6.45, 7) is 4.20. The lowest BCUT2D eigenvalue weighted by Crippen LogP contribution is -2.32. The number of nitrogens with one attached hydrogen (secondary N) is 2. The third kappa shape index (κ3) is 4.62. The van der Waals surface area contributed by atoms with Gasteiger partial charge in [-0.2, -0.15) is 0 Å². The molecule has 1 aromatic rings. The van der Waals surface area contributed by atoms with Gasteiger partial charge in [0.1, 0.15) is 5.82 Å². The third-order valence-corrected chi connectivity index (χ3v) is 3.39. The maximum Gasteiger partial charge on any atom is 0.227 e. The summed E-state index contributed by atoms with van der Waals surface area (Å²) in [7, 11) is 0. The van der Waals surface area contributed by atoms with E-state index in [-0.39, 0.29) is 30.0 Å². The van der Waals surface area contributed by atoms with Crippen LogP contribution in [0.3, 0.4) is 0 Å². The van der Waals surface area contributed by atoms with Gasteiger partial charge in [0.05, 0.1) is 5.92 Å². The second-order valence-electron chi connectivity index (χ2n) is 4.81. The molecule has 1 aromatic carbocycles. The van der Waals surface area contributed by atoms with Gasteiger partial charge in [-0.3, -0.25) is 4.79 Å². The van der Waals surface area contributed by atoms with Crippen molar-refractivity contribution in [1.82, 2.24) is 10.6 Å². The van der Waals surface area contributed by atoms with E-state index in [0.717, 1.165) is 19.5 Å². The minimum absolute atomic E-state index is 0. The summed E-state index contributed by atoms with van der Waals surface area (Å²) >= 11 is 0. The van der Waals surface area contributed by atoms with Crippen molar-refractivity contribution in [2.75, 3.05) is 19.6 Å². The van der Waals surface area contributed by atoms with E-state index in [1.807, 2.05) is 0 Å². The minimum atomic E-state index is -0.335. The number of halogens is 2. The highest BCUT2D eigenvalue weighted by Crippen LogP contribution is 2.16. The highest BCUT2D eigenvalue weighted by atomic mass is 35.5. The van der Waals surface area contributed by atoms with E-state index >= 15 is 0 Å². The van der Waals surface area contributed by atoms with Gasteiger partial charge in [-0.25, -0.2) is 4.39 Å². The molecule has 0 saturated carbocycles. The first-order valence-electron chi connectivity index (χ1n) is 6.58. The van der Waals surface area contributed by atoms with Crippen molar-refractivity contribution in [3.05, 3.63) is 47.3 Å². The Morgan fingerprint density at radius 1 is 1.50 bits per heavy atom. The zero-order valence-electron chi connectivity index (χ0n) is 11.5. The lowest BCUT2D eigenvalue weighted by molar-refractivity contribution is -0.122. The summed E-state index contributed by atoms with van der Waals surface area (Å²) in [5.74, 6) is -0.707. The summed E-state index contributed by atoms with van der Waals surface area (Å²) in [6.07, 6.45) is 3.07. The Balaban J connectivity index is 0.00000200. The quantitative estimate of drug-likeness (QED) is 0.838. The molecule has 0 spiro atoms. The molecule has 1 unspecified atom stereocenters. The lowest BCUT2D eigenvalue weighted by atomic mass is 10.00. The van der Waals surface area contributed by atoms with Crippen molar-refractivity contribution in [3.63, 3.8) is 0 Å². The van der Waals surface area contributed by atoms with Crippen molar-refractivity contribution in [3.8, 4) is 0 Å². The zero-order chi connectivity index (χ0) is 13.7. The first-order valence-corrected chi connectivity index (χ1v) is 6.58. The summed E-state index contributed by atoms with van der Waals surface area (Å²) < 4.78 is 13.1. The average Bonchev–Trinajstić information content (AvgIpc) is 2.45. The fourth-order valence-electron chi connectivity index (χ4n) is 2.11. The number of benzene rings is 1. The molecule has 1 aliphatic rings. The van der Waals surface area contributed by atoms with Gasteiger partial charge >= 0.3 is 0 Å². The summed E-state index contributed by atoms with van der Waals surface area (Å²) in [5, 5.41) is 6.14. The zero-order valence-corrected chi connectivity index (χ0v) is 12.3. The standard InChI is InChI=1S/C15H19FN2O.ClH/c1-11(13-3-2-4-14(16)9-13)15(19)18-10-12-5-7-17-8-6-12;/h2-5,9,11,17H,6-8,10H2,1H3,(H,18,19);1H. The molecule has 0 aliphatic carbocycles. The van der Waals surface area contributed by atoms with Gasteiger partial charge in [-0.15, -0.1) is 12.4 Å². The molecule has 2 N–H and O–H groups in total. The molecule has 20 heavy (non-hydrogen) atoms. The van der Waals surface area contributed by atoms with E-state index in [1.165, 1.54) is 17.7 Å². The Bertz CT molecular complexity index is 491. The van der Waals surface area contributed by atoms with Gasteiger partial charge in [-0.05, 0) is 37.6 Å². The van der Waals surface area contributed by atoms with E-state index < -0.39 is 0 Å². The summed E-state index contributed by atoms with van der Waals surface area (Å²) in [5.41, 5.74) is 1.95. The van der Waals surface area contributed by atoms with Gasteiger partial charge in [0.25, 0.3) is 0 Å². The second kappa shape index (κ2) is 8.02. The number of carbonyl (C=O) groups excluding carboxylic acids is 1. The SMILES string of the molecule is CC(C(=O)NCC1=CCNCC1)c1cccc(F)c1.Cl. The third-order valence-electron chi connectivity index (χ3n) is 3.39. The van der Waals surface area contributed by atoms with Crippen LogP contribution in [0.2, 0.25) is 0 Å². The first kappa shape index (κ1) is 16.7. The molecule has 0 fully saturated rings. The van der Waals surface area contributed by atoms with E-state index in [9.17, 15) is 9.18 Å². The van der Waals surface area contributed by atoms with Crippen LogP contribution in [-0.4, -0.2) is 25.5 Å². The molecule has 3 nitrogen and oxygen atoms in total. The average molecular weight is 299 g/mol. The van der Waals surface area contributed by atoms with Crippen molar-refractivity contribution in [1.29, 1.82) is 0 Å². The second-order valence-corrected chi connectivity index (χ2v) is 4.81. The van der Waals surface area contributed by atoms with Gasteiger partial charge in [0.15, 0.2) is 0 Å². The monoisotopic (exact) mass is 298 g/mol. The molecule has 0 saturated heterocycles. The Kier molecular flexibility index (Phi) is 6.68. The molecule has 0 aromatic heterocycles. The van der Waals surface area contributed by atoms with E-state index in [4.69, 9.17) is 0 Å². The summed E-state index contributed by atoms with van der Waals surface area (Å²) in [4.78, 5) is 12.0. The highest BCUT2D eigenvalue weighted by molar-refractivity contribution is 5.85. The van der Waals surface area contributed by atoms with E-state index in [0.29, 0.717) is 12.1 Å². The van der Waals surface area contributed by atoms with Crippen LogP contribution < -0.4 is 10.6 Å². The molecule has 1 atom stereocenters. The van der Waals surface area contributed by atoms with Gasteiger partial charge in [-0.1, -0.05) is 23.8 Å². The normalized spacial score (nSPS) is 15.8. The first-order chi connectivity index (χ1) is 9.16. The van der Waals surface area contributed by atoms with Crippen molar-refractivity contribution < 1.29 is 9.18 Å². The Hall–Kier alpha value is -1.39. The number of carbonyl (C=O) groups is 1. The van der Waals surface area contributed by atoms with Gasteiger partial charge in [0.2, 0.25) is 5.91 Å². The Labute approximate surface area is 125 Å². The smallest absolute Gasteiger partial charge is 0.227 e. The molecule has 110 valence electrons. The van der Waals surface area contributed by atoms with E-state index in [1.54, 1.807) is 19.1 Å². The molecule has 5 heteroatoms. The number of hydrogen-bond donors (Lipinski definition) is 2. The molecule has 2 rings (SSSR count). The number of amides is 1. The molecule has 1 aliphatic heterocycles. The Morgan fingerprint density at radius 3 is 2.95 bits per heavy atom. The van der Waals surface area contributed by atoms with Crippen LogP contribution in [0, 0.1) is 5.82 Å². The van der Waals surface area contributed by atoms with Crippen LogP contribution in [0.1, 0.15) is 24.8 Å². The molecular formula is C15H20ClFN2O. The number of hydrogen-bond acceptors (Lipinski definition) is 2. The van der Waals surface area contributed by atoms with E-state index in [2.05, 4.69) is 16.7 Å². The van der Waals surface area contributed by atoms with Crippen LogP contribution >= 0.6 is 12.4 Å². The van der Waals surface area contributed by atoms with Crippen LogP contribution in [-0.2, 0) is 4.79 Å². The van der Waals surface area contributed by atoms with Crippen molar-refractivity contribution in [2.24, 2.45) is 0 Å². The van der Waals surface area contributed by atoms with Crippen LogP contribution in [0.15, 0.2) is 35.9 Å². The lowest BCUT2D eigenvalue weighted by Gasteiger charge is -2.17. The fourth-order valence-corrected chi connectivity index (χ4v) is 2.11. The Morgan fingerprint density at radius 2 is 2.30 bits per heavy atom. The largest absolute Gasteiger partial charge is 0.352 e. The van der Waals surface area contributed by atoms with Crippen LogP contribution in [0.25, 0.3) is 0 Å². The minimum Gasteiger partial charge on any atom is -0.352 e. The number of rotatable bonds is 4. The molecule has 0 bridgehead atoms.